The molecular formula is C16H25NO2. The van der Waals surface area contributed by atoms with E-state index in [0.29, 0.717) is 12.6 Å². The van der Waals surface area contributed by atoms with Gasteiger partial charge in [-0.15, -0.1) is 0 Å². The van der Waals surface area contributed by atoms with Gasteiger partial charge in [0, 0.05) is 19.1 Å². The van der Waals surface area contributed by atoms with Crippen molar-refractivity contribution < 1.29 is 9.84 Å². The van der Waals surface area contributed by atoms with Gasteiger partial charge >= 0.3 is 0 Å². The van der Waals surface area contributed by atoms with E-state index in [2.05, 4.69) is 44.7 Å². The molecule has 3 nitrogen and oxygen atoms in total. The number of hydrogen-bond donors (Lipinski definition) is 1. The molecule has 3 unspecified atom stereocenters. The molecule has 1 aliphatic rings. The van der Waals surface area contributed by atoms with Crippen LogP contribution < -0.4 is 0 Å². The maximum Gasteiger partial charge on any atom is 0.0919 e. The Bertz CT molecular complexity index is 433. The number of ether oxygens (including phenoxy) is 1. The second-order valence-electron chi connectivity index (χ2n) is 5.82. The fourth-order valence-electron chi connectivity index (χ4n) is 2.75. The molecule has 19 heavy (non-hydrogen) atoms. The van der Waals surface area contributed by atoms with Gasteiger partial charge in [-0.2, -0.15) is 0 Å². The van der Waals surface area contributed by atoms with Crippen LogP contribution in [-0.2, 0) is 4.74 Å². The first-order valence-electron chi connectivity index (χ1n) is 7.08. The van der Waals surface area contributed by atoms with Gasteiger partial charge in [-0.3, -0.25) is 4.90 Å². The largest absolute Gasteiger partial charge is 0.387 e. The minimum atomic E-state index is -0.423. The lowest BCUT2D eigenvalue weighted by Crippen LogP contribution is -2.48. The molecule has 1 saturated heterocycles. The summed E-state index contributed by atoms with van der Waals surface area (Å²) in [4.78, 5) is 2.32. The average Bonchev–Trinajstić information content (AvgIpc) is 2.33. The summed E-state index contributed by atoms with van der Waals surface area (Å²) in [6, 6.07) is 6.61. The molecular weight excluding hydrogens is 238 g/mol. The number of morpholine rings is 1. The zero-order valence-electron chi connectivity index (χ0n) is 12.4. The fourth-order valence-corrected chi connectivity index (χ4v) is 2.75. The van der Waals surface area contributed by atoms with E-state index < -0.39 is 6.10 Å². The predicted molar refractivity (Wildman–Crippen MR) is 77.3 cm³/mol. The van der Waals surface area contributed by atoms with E-state index in [4.69, 9.17) is 4.74 Å². The van der Waals surface area contributed by atoms with Crippen molar-refractivity contribution in [3.05, 3.63) is 34.9 Å². The molecule has 0 radical (unpaired) electrons. The normalized spacial score (nSPS) is 26.4. The van der Waals surface area contributed by atoms with Gasteiger partial charge in [0.25, 0.3) is 0 Å². The molecule has 0 saturated carbocycles. The van der Waals surface area contributed by atoms with Crippen molar-refractivity contribution in [2.24, 2.45) is 0 Å². The van der Waals surface area contributed by atoms with Crippen LogP contribution in [0.15, 0.2) is 18.2 Å². The van der Waals surface area contributed by atoms with Crippen LogP contribution in [0.5, 0.6) is 0 Å². The molecule has 1 aromatic carbocycles. The third-order valence-electron chi connectivity index (χ3n) is 3.93. The Labute approximate surface area is 116 Å². The number of rotatable bonds is 3. The molecule has 2 rings (SSSR count). The highest BCUT2D eigenvalue weighted by molar-refractivity contribution is 5.32. The summed E-state index contributed by atoms with van der Waals surface area (Å²) >= 11 is 0. The summed E-state index contributed by atoms with van der Waals surface area (Å²) in [6.45, 7) is 10.7. The maximum atomic E-state index is 10.5. The Morgan fingerprint density at radius 1 is 1.37 bits per heavy atom. The molecule has 3 atom stereocenters. The molecule has 1 fully saturated rings. The van der Waals surface area contributed by atoms with E-state index in [1.807, 2.05) is 6.07 Å². The van der Waals surface area contributed by atoms with Crippen molar-refractivity contribution in [1.29, 1.82) is 0 Å². The molecule has 0 amide bonds. The molecule has 3 heteroatoms. The third-order valence-corrected chi connectivity index (χ3v) is 3.93. The van der Waals surface area contributed by atoms with Crippen molar-refractivity contribution >= 4 is 0 Å². The minimum absolute atomic E-state index is 0.252. The van der Waals surface area contributed by atoms with Gasteiger partial charge in [0.05, 0.1) is 18.8 Å². The van der Waals surface area contributed by atoms with Gasteiger partial charge < -0.3 is 9.84 Å². The molecule has 1 aliphatic heterocycles. The maximum absolute atomic E-state index is 10.5. The molecule has 106 valence electrons. The molecule has 1 N–H and O–H groups in total. The highest BCUT2D eigenvalue weighted by Gasteiger charge is 2.25. The van der Waals surface area contributed by atoms with Gasteiger partial charge in [-0.1, -0.05) is 23.8 Å². The SMILES string of the molecule is Cc1ccc(C(O)CN2CC(C)OCC2C)c(C)c1. The summed E-state index contributed by atoms with van der Waals surface area (Å²) in [5, 5.41) is 10.5. The average molecular weight is 263 g/mol. The van der Waals surface area contributed by atoms with Gasteiger partial charge in [-0.05, 0) is 38.8 Å². The zero-order chi connectivity index (χ0) is 14.0. The summed E-state index contributed by atoms with van der Waals surface area (Å²) in [6.07, 6.45) is -0.170. The summed E-state index contributed by atoms with van der Waals surface area (Å²) in [7, 11) is 0. The van der Waals surface area contributed by atoms with Gasteiger partial charge in [0.15, 0.2) is 0 Å². The van der Waals surface area contributed by atoms with E-state index in [-0.39, 0.29) is 6.10 Å². The Hall–Kier alpha value is -0.900. The summed E-state index contributed by atoms with van der Waals surface area (Å²) in [5.41, 5.74) is 3.44. The zero-order valence-corrected chi connectivity index (χ0v) is 12.4. The van der Waals surface area contributed by atoms with Crippen LogP contribution in [-0.4, -0.2) is 41.8 Å². The number of β-amino-alcohol motifs (C(OH)–C–C–N with tert-alkyl or cyclic N) is 1. The van der Waals surface area contributed by atoms with Gasteiger partial charge in [0.1, 0.15) is 0 Å². The number of aryl methyl sites for hydroxylation is 2. The number of benzene rings is 1. The first-order chi connectivity index (χ1) is 8.97. The smallest absolute Gasteiger partial charge is 0.0919 e. The quantitative estimate of drug-likeness (QED) is 0.909. The molecule has 0 aromatic heterocycles. The Morgan fingerprint density at radius 2 is 2.11 bits per heavy atom. The number of aliphatic hydroxyl groups excluding tert-OH is 1. The topological polar surface area (TPSA) is 32.7 Å². The number of hydrogen-bond acceptors (Lipinski definition) is 3. The molecule has 0 bridgehead atoms. The Morgan fingerprint density at radius 3 is 2.79 bits per heavy atom. The van der Waals surface area contributed by atoms with Crippen molar-refractivity contribution in [3.63, 3.8) is 0 Å². The van der Waals surface area contributed by atoms with E-state index in [1.165, 1.54) is 11.1 Å². The van der Waals surface area contributed by atoms with Crippen LogP contribution in [0.1, 0.15) is 36.6 Å². The summed E-state index contributed by atoms with van der Waals surface area (Å²) < 4.78 is 5.62. The van der Waals surface area contributed by atoms with Crippen LogP contribution in [0.3, 0.4) is 0 Å². The van der Waals surface area contributed by atoms with Crippen LogP contribution in [0, 0.1) is 13.8 Å². The first-order valence-corrected chi connectivity index (χ1v) is 7.08. The van der Waals surface area contributed by atoms with Crippen LogP contribution in [0.4, 0.5) is 0 Å². The lowest BCUT2D eigenvalue weighted by atomic mass is 10.00. The number of nitrogens with zero attached hydrogens (tertiary/aromatic N) is 1. The van der Waals surface area contributed by atoms with Crippen LogP contribution in [0.25, 0.3) is 0 Å². The van der Waals surface area contributed by atoms with E-state index in [9.17, 15) is 5.11 Å². The van der Waals surface area contributed by atoms with Gasteiger partial charge in [-0.25, -0.2) is 0 Å². The lowest BCUT2D eigenvalue weighted by Gasteiger charge is -2.38. The van der Waals surface area contributed by atoms with Gasteiger partial charge in [0.2, 0.25) is 0 Å². The Kier molecular flexibility index (Phi) is 4.61. The molecule has 1 heterocycles. The van der Waals surface area contributed by atoms with Crippen molar-refractivity contribution in [2.75, 3.05) is 19.7 Å². The highest BCUT2D eigenvalue weighted by atomic mass is 16.5. The van der Waals surface area contributed by atoms with Crippen LogP contribution in [0.2, 0.25) is 0 Å². The van der Waals surface area contributed by atoms with Crippen LogP contribution >= 0.6 is 0 Å². The van der Waals surface area contributed by atoms with E-state index in [0.717, 1.165) is 18.7 Å². The second kappa shape index (κ2) is 6.04. The monoisotopic (exact) mass is 263 g/mol. The summed E-state index contributed by atoms with van der Waals surface area (Å²) in [5.74, 6) is 0. The lowest BCUT2D eigenvalue weighted by molar-refractivity contribution is -0.0620. The van der Waals surface area contributed by atoms with Crippen molar-refractivity contribution in [2.45, 2.75) is 45.9 Å². The van der Waals surface area contributed by atoms with Crippen molar-refractivity contribution in [3.8, 4) is 0 Å². The standard InChI is InChI=1S/C16H25NO2/c1-11-5-6-15(12(2)7-11)16(18)9-17-8-14(4)19-10-13(17)3/h5-7,13-14,16,18H,8-10H2,1-4H3. The van der Waals surface area contributed by atoms with E-state index in [1.54, 1.807) is 0 Å². The predicted octanol–water partition coefficient (Wildman–Crippen LogP) is 2.45. The van der Waals surface area contributed by atoms with E-state index >= 15 is 0 Å². The third kappa shape index (κ3) is 3.56. The first kappa shape index (κ1) is 14.5. The Balaban J connectivity index is 2.05. The number of aliphatic hydroxyl groups is 1. The fraction of sp³-hybridized carbons (Fsp3) is 0.625. The second-order valence-corrected chi connectivity index (χ2v) is 5.82. The highest BCUT2D eigenvalue weighted by Crippen LogP contribution is 2.22. The minimum Gasteiger partial charge on any atom is -0.387 e. The van der Waals surface area contributed by atoms with Crippen molar-refractivity contribution in [1.82, 2.24) is 4.90 Å². The molecule has 0 spiro atoms. The molecule has 0 aliphatic carbocycles. The molecule has 1 aromatic rings.